The molecule has 3 aromatic rings. The molecule has 2 atom stereocenters. The van der Waals surface area contributed by atoms with Gasteiger partial charge < -0.3 is 15.8 Å². The summed E-state index contributed by atoms with van der Waals surface area (Å²) in [5.74, 6) is 0.727. The molecular weight excluding hydrogens is 436 g/mol. The summed E-state index contributed by atoms with van der Waals surface area (Å²) < 4.78 is 7.79. The Balaban J connectivity index is 1.70. The fourth-order valence-electron chi connectivity index (χ4n) is 3.10. The van der Waals surface area contributed by atoms with E-state index in [1.54, 1.807) is 11.3 Å². The second-order valence-electron chi connectivity index (χ2n) is 6.24. The van der Waals surface area contributed by atoms with E-state index in [0.717, 1.165) is 44.8 Å². The quantitative estimate of drug-likeness (QED) is 0.550. The predicted molar refractivity (Wildman–Crippen MR) is 110 cm³/mol. The number of nitrogens with two attached hydrogens (primary N) is 1. The summed E-state index contributed by atoms with van der Waals surface area (Å²) in [7, 11) is 0. The van der Waals surface area contributed by atoms with Crippen LogP contribution in [-0.2, 0) is 11.3 Å². The number of hydrogen-bond donors (Lipinski definition) is 2. The normalized spacial score (nSPS) is 20.4. The number of thiophene rings is 1. The van der Waals surface area contributed by atoms with Crippen LogP contribution in [0.15, 0.2) is 34.8 Å². The van der Waals surface area contributed by atoms with E-state index in [-0.39, 0.29) is 17.4 Å². The molecule has 0 radical (unpaired) electrons. The number of hydrogen-bond acceptors (Lipinski definition) is 6. The zero-order valence-electron chi connectivity index (χ0n) is 13.9. The number of ether oxygens (including phenoxy) is 1. The number of fused-ring (bicyclic) bond motifs is 1. The van der Waals surface area contributed by atoms with Crippen LogP contribution in [0.25, 0.3) is 10.2 Å². The minimum atomic E-state index is -0.127. The van der Waals surface area contributed by atoms with E-state index >= 15 is 0 Å². The number of rotatable bonds is 4. The van der Waals surface area contributed by atoms with E-state index in [0.29, 0.717) is 6.54 Å². The average Bonchev–Trinajstić information content (AvgIpc) is 2.98. The maximum atomic E-state index is 6.29. The third-order valence-electron chi connectivity index (χ3n) is 4.40. The number of nitrogens with zero attached hydrogens (tertiary/aromatic N) is 2. The molecular formula is C18H18BrClN4OS. The van der Waals surface area contributed by atoms with E-state index in [9.17, 15) is 0 Å². The molecule has 1 saturated heterocycles. The monoisotopic (exact) mass is 452 g/mol. The SMILES string of the molecule is N[C@H]1CCCO[C@@H]1c1sc2c(NCc3ccccc3)nc(Cl)nc2c1Br. The largest absolute Gasteiger partial charge is 0.371 e. The van der Waals surface area contributed by atoms with Crippen molar-refractivity contribution in [2.45, 2.75) is 31.5 Å². The van der Waals surface area contributed by atoms with Crippen LogP contribution in [-0.4, -0.2) is 22.6 Å². The first-order valence-corrected chi connectivity index (χ1v) is 10.4. The molecule has 2 aromatic heterocycles. The fourth-order valence-corrected chi connectivity index (χ4v) is 5.38. The molecule has 1 aliphatic rings. The lowest BCUT2D eigenvalue weighted by Gasteiger charge is -2.28. The minimum absolute atomic E-state index is 0.0164. The molecule has 5 nitrogen and oxygen atoms in total. The molecule has 0 amide bonds. The van der Waals surface area contributed by atoms with Gasteiger partial charge in [-0.15, -0.1) is 11.3 Å². The van der Waals surface area contributed by atoms with Crippen molar-refractivity contribution in [3.63, 3.8) is 0 Å². The maximum Gasteiger partial charge on any atom is 0.225 e. The Kier molecular flexibility index (Phi) is 5.42. The summed E-state index contributed by atoms with van der Waals surface area (Å²) in [6.07, 6.45) is 1.82. The summed E-state index contributed by atoms with van der Waals surface area (Å²) in [4.78, 5) is 9.86. The Bertz CT molecular complexity index is 920. The van der Waals surface area contributed by atoms with Crippen LogP contribution in [0, 0.1) is 0 Å². The van der Waals surface area contributed by atoms with Crippen molar-refractivity contribution >= 4 is 54.9 Å². The number of halogens is 2. The van der Waals surface area contributed by atoms with Crippen LogP contribution in [0.1, 0.15) is 29.4 Å². The summed E-state index contributed by atoms with van der Waals surface area (Å²) in [6.45, 7) is 1.39. The lowest BCUT2D eigenvalue weighted by molar-refractivity contribution is 0.00202. The molecule has 0 aliphatic carbocycles. The van der Waals surface area contributed by atoms with Crippen LogP contribution in [0.4, 0.5) is 5.82 Å². The molecule has 3 heterocycles. The van der Waals surface area contributed by atoms with Crippen LogP contribution in [0.3, 0.4) is 0 Å². The molecule has 0 unspecified atom stereocenters. The zero-order chi connectivity index (χ0) is 18.1. The molecule has 8 heteroatoms. The Morgan fingerprint density at radius 3 is 2.88 bits per heavy atom. The van der Waals surface area contributed by atoms with E-state index in [4.69, 9.17) is 22.1 Å². The van der Waals surface area contributed by atoms with Crippen molar-refractivity contribution in [3.8, 4) is 0 Å². The molecule has 0 spiro atoms. The third-order valence-corrected chi connectivity index (χ3v) is 6.89. The molecule has 3 N–H and O–H groups in total. The van der Waals surface area contributed by atoms with Gasteiger partial charge in [-0.3, -0.25) is 0 Å². The lowest BCUT2D eigenvalue weighted by Crippen LogP contribution is -2.34. The van der Waals surface area contributed by atoms with Crippen molar-refractivity contribution in [2.24, 2.45) is 5.73 Å². The van der Waals surface area contributed by atoms with Gasteiger partial charge in [0.05, 0.1) is 14.0 Å². The van der Waals surface area contributed by atoms with E-state index in [1.807, 2.05) is 18.2 Å². The highest BCUT2D eigenvalue weighted by molar-refractivity contribution is 9.10. The van der Waals surface area contributed by atoms with Crippen LogP contribution < -0.4 is 11.1 Å². The van der Waals surface area contributed by atoms with Gasteiger partial charge in [-0.25, -0.2) is 4.98 Å². The topological polar surface area (TPSA) is 73.1 Å². The molecule has 1 fully saturated rings. The molecule has 136 valence electrons. The first-order valence-electron chi connectivity index (χ1n) is 8.44. The van der Waals surface area contributed by atoms with Gasteiger partial charge in [0.1, 0.15) is 17.4 Å². The summed E-state index contributed by atoms with van der Waals surface area (Å²) in [6, 6.07) is 10.1. The van der Waals surface area contributed by atoms with E-state index in [2.05, 4.69) is 43.3 Å². The number of anilines is 1. The predicted octanol–water partition coefficient (Wildman–Crippen LogP) is 4.90. The molecule has 26 heavy (non-hydrogen) atoms. The highest BCUT2D eigenvalue weighted by Crippen LogP contribution is 2.44. The highest BCUT2D eigenvalue weighted by atomic mass is 79.9. The first kappa shape index (κ1) is 18.1. The number of aromatic nitrogens is 2. The average molecular weight is 454 g/mol. The summed E-state index contributed by atoms with van der Waals surface area (Å²) >= 11 is 11.5. The van der Waals surface area contributed by atoms with Crippen molar-refractivity contribution in [2.75, 3.05) is 11.9 Å². The number of benzene rings is 1. The van der Waals surface area contributed by atoms with Crippen molar-refractivity contribution in [1.82, 2.24) is 9.97 Å². The second-order valence-corrected chi connectivity index (χ2v) is 8.42. The molecule has 0 bridgehead atoms. The number of nitrogens with one attached hydrogen (secondary N) is 1. The molecule has 1 aromatic carbocycles. The van der Waals surface area contributed by atoms with Gasteiger partial charge in [0.15, 0.2) is 0 Å². The first-order chi connectivity index (χ1) is 12.6. The molecule has 4 rings (SSSR count). The van der Waals surface area contributed by atoms with Crippen LogP contribution >= 0.6 is 38.9 Å². The minimum Gasteiger partial charge on any atom is -0.371 e. The Labute approximate surface area is 169 Å². The van der Waals surface area contributed by atoms with Crippen molar-refractivity contribution < 1.29 is 4.74 Å². The van der Waals surface area contributed by atoms with E-state index in [1.165, 1.54) is 5.56 Å². The second kappa shape index (κ2) is 7.78. The lowest BCUT2D eigenvalue weighted by atomic mass is 10.0. The van der Waals surface area contributed by atoms with Gasteiger partial charge in [0.25, 0.3) is 0 Å². The summed E-state index contributed by atoms with van der Waals surface area (Å²) in [5.41, 5.74) is 8.25. The van der Waals surface area contributed by atoms with Gasteiger partial charge in [-0.05, 0) is 45.9 Å². The Hall–Kier alpha value is -1.25. The van der Waals surface area contributed by atoms with E-state index < -0.39 is 0 Å². The Morgan fingerprint density at radius 2 is 2.12 bits per heavy atom. The Morgan fingerprint density at radius 1 is 1.31 bits per heavy atom. The standard InChI is InChI=1S/C18H18BrClN4OS/c19-12-13-16(26-15(12)14-11(21)7-4-8-25-14)17(24-18(20)23-13)22-9-10-5-2-1-3-6-10/h1-3,5-6,11,14H,4,7-9,21H2,(H,22,23,24)/t11-,14-/m0/s1. The van der Waals surface area contributed by atoms with Gasteiger partial charge in [-0.1, -0.05) is 30.3 Å². The summed E-state index contributed by atoms with van der Waals surface area (Å²) in [5, 5.41) is 3.60. The van der Waals surface area contributed by atoms with Crippen LogP contribution in [0.2, 0.25) is 5.28 Å². The van der Waals surface area contributed by atoms with Gasteiger partial charge in [0, 0.05) is 19.2 Å². The van der Waals surface area contributed by atoms with Gasteiger partial charge >= 0.3 is 0 Å². The molecule has 0 saturated carbocycles. The maximum absolute atomic E-state index is 6.29. The van der Waals surface area contributed by atoms with Gasteiger partial charge in [-0.2, -0.15) is 4.98 Å². The fraction of sp³-hybridized carbons (Fsp3) is 0.333. The van der Waals surface area contributed by atoms with Crippen molar-refractivity contribution in [1.29, 1.82) is 0 Å². The smallest absolute Gasteiger partial charge is 0.225 e. The van der Waals surface area contributed by atoms with Crippen LogP contribution in [0.5, 0.6) is 0 Å². The molecule has 1 aliphatic heterocycles. The highest BCUT2D eigenvalue weighted by Gasteiger charge is 2.30. The van der Waals surface area contributed by atoms with Gasteiger partial charge in [0.2, 0.25) is 5.28 Å². The zero-order valence-corrected chi connectivity index (χ0v) is 17.1. The third kappa shape index (κ3) is 3.59. The van der Waals surface area contributed by atoms with Crippen molar-refractivity contribution in [3.05, 3.63) is 50.5 Å².